The molecule has 1 unspecified atom stereocenters. The van der Waals surface area contributed by atoms with Crippen molar-refractivity contribution in [2.45, 2.75) is 40.7 Å². The molecule has 1 atom stereocenters. The molecule has 9 nitrogen and oxygen atoms in total. The topological polar surface area (TPSA) is 106 Å². The van der Waals surface area contributed by atoms with E-state index in [-0.39, 0.29) is 23.6 Å². The predicted octanol–water partition coefficient (Wildman–Crippen LogP) is 6.77. The van der Waals surface area contributed by atoms with Gasteiger partial charge < -0.3 is 19.0 Å². The summed E-state index contributed by atoms with van der Waals surface area (Å²) in [6.07, 6.45) is 3.48. The molecule has 0 radical (unpaired) electrons. The van der Waals surface area contributed by atoms with Crippen LogP contribution in [0.3, 0.4) is 0 Å². The summed E-state index contributed by atoms with van der Waals surface area (Å²) in [6.45, 7) is 13.9. The van der Waals surface area contributed by atoms with E-state index in [9.17, 15) is 14.7 Å². The number of Topliss-reactive ketones (excluding diaryl/α,β-unsaturated/α-hetero) is 1. The lowest BCUT2D eigenvalue weighted by atomic mass is 9.96. The molecule has 0 bridgehead atoms. The molecule has 0 aliphatic carbocycles. The number of carbonyl (C=O) groups excluding carboxylic acids is 2. The molecule has 0 spiro atoms. The first-order valence-electron chi connectivity index (χ1n) is 14.3. The van der Waals surface area contributed by atoms with Gasteiger partial charge in [0, 0.05) is 6.20 Å². The zero-order valence-electron chi connectivity index (χ0n) is 25.2. The number of aromatic nitrogens is 3. The number of anilines is 1. The smallest absolute Gasteiger partial charge is 0.301 e. The van der Waals surface area contributed by atoms with E-state index in [1.54, 1.807) is 24.3 Å². The van der Waals surface area contributed by atoms with E-state index in [0.29, 0.717) is 40.1 Å². The monoisotopic (exact) mass is 608 g/mol. The van der Waals surface area contributed by atoms with Gasteiger partial charge in [-0.1, -0.05) is 42.2 Å². The number of aliphatic hydroxyl groups excluding tert-OH is 1. The SMILES string of the molecule is C=CCOc1ccc(C2/C(=C(\O)c3nc4c(C)cccn4c3C)C(=O)C(=O)N2c2nc3c(C)cc(C)cc3s2)cc1OCC. The number of nitrogens with zero attached hydrogens (tertiary/aromatic N) is 4. The summed E-state index contributed by atoms with van der Waals surface area (Å²) >= 11 is 1.33. The maximum atomic E-state index is 13.9. The van der Waals surface area contributed by atoms with Crippen LogP contribution >= 0.6 is 11.3 Å². The lowest BCUT2D eigenvalue weighted by molar-refractivity contribution is -0.132. The molecule has 4 heterocycles. The number of aliphatic hydroxyl groups is 1. The Morgan fingerprint density at radius 2 is 1.84 bits per heavy atom. The van der Waals surface area contributed by atoms with E-state index in [1.807, 2.05) is 69.5 Å². The summed E-state index contributed by atoms with van der Waals surface area (Å²) in [4.78, 5) is 38.7. The first-order chi connectivity index (χ1) is 21.1. The van der Waals surface area contributed by atoms with Crippen LogP contribution in [0.2, 0.25) is 0 Å². The molecule has 1 aliphatic rings. The Kier molecular flexibility index (Phi) is 7.46. The third-order valence-electron chi connectivity index (χ3n) is 7.72. The van der Waals surface area contributed by atoms with Gasteiger partial charge in [-0.3, -0.25) is 14.5 Å². The fraction of sp³-hybridized carbons (Fsp3) is 0.235. The molecular weight excluding hydrogens is 576 g/mol. The molecule has 1 amide bonds. The van der Waals surface area contributed by atoms with Crippen molar-refractivity contribution in [1.29, 1.82) is 0 Å². The second-order valence-electron chi connectivity index (χ2n) is 10.8. The fourth-order valence-electron chi connectivity index (χ4n) is 5.71. The highest BCUT2D eigenvalue weighted by Crippen LogP contribution is 2.46. The first-order valence-corrected chi connectivity index (χ1v) is 15.1. The number of rotatable bonds is 8. The summed E-state index contributed by atoms with van der Waals surface area (Å²) in [5.41, 5.74) is 5.69. The minimum atomic E-state index is -1.00. The van der Waals surface area contributed by atoms with Crippen molar-refractivity contribution in [3.05, 3.63) is 101 Å². The zero-order valence-corrected chi connectivity index (χ0v) is 26.0. The molecule has 1 fully saturated rings. The minimum absolute atomic E-state index is 0.0754. The molecule has 2 aromatic carbocycles. The van der Waals surface area contributed by atoms with Crippen LogP contribution in [0.1, 0.15) is 46.6 Å². The molecule has 224 valence electrons. The number of hydrogen-bond donors (Lipinski definition) is 1. The van der Waals surface area contributed by atoms with Crippen molar-refractivity contribution in [3.8, 4) is 11.5 Å². The summed E-state index contributed by atoms with van der Waals surface area (Å²) in [5.74, 6) is -1.03. The van der Waals surface area contributed by atoms with Crippen LogP contribution in [0, 0.1) is 27.7 Å². The number of fused-ring (bicyclic) bond motifs is 2. The Hall–Kier alpha value is -4.96. The van der Waals surface area contributed by atoms with E-state index in [4.69, 9.17) is 19.4 Å². The van der Waals surface area contributed by atoms with Gasteiger partial charge in [0.1, 0.15) is 17.9 Å². The van der Waals surface area contributed by atoms with Crippen LogP contribution in [0.5, 0.6) is 11.5 Å². The van der Waals surface area contributed by atoms with Gasteiger partial charge >= 0.3 is 5.91 Å². The number of benzene rings is 2. The number of ether oxygens (including phenoxy) is 2. The first kappa shape index (κ1) is 29.1. The van der Waals surface area contributed by atoms with Gasteiger partial charge in [-0.05, 0) is 81.1 Å². The van der Waals surface area contributed by atoms with Gasteiger partial charge in [0.15, 0.2) is 22.4 Å². The third-order valence-corrected chi connectivity index (χ3v) is 8.72. The van der Waals surface area contributed by atoms with E-state index in [2.05, 4.69) is 6.58 Å². The van der Waals surface area contributed by atoms with Gasteiger partial charge in [-0.15, -0.1) is 0 Å². The standard InChI is InChI=1S/C34H32N4O5S/c1-7-14-43-23-12-11-22(17-24(23)42-8-2)29-26(30(39)28-21(6)37-13-9-10-19(4)32(37)35-28)31(40)33(41)38(29)34-36-27-20(5)15-18(3)16-25(27)44-34/h7,9-13,15-17,29,39H,1,8,14H2,2-6H3/b30-26+. The Morgan fingerprint density at radius 1 is 1.05 bits per heavy atom. The molecule has 1 N–H and O–H groups in total. The summed E-state index contributed by atoms with van der Waals surface area (Å²) in [7, 11) is 0. The highest BCUT2D eigenvalue weighted by Gasteiger charge is 2.49. The molecule has 1 saturated heterocycles. The molecule has 6 rings (SSSR count). The quantitative estimate of drug-likeness (QED) is 0.0897. The number of pyridine rings is 1. The number of aryl methyl sites for hydroxylation is 4. The van der Waals surface area contributed by atoms with Gasteiger partial charge in [-0.25, -0.2) is 9.97 Å². The van der Waals surface area contributed by atoms with Crippen molar-refractivity contribution < 1.29 is 24.2 Å². The highest BCUT2D eigenvalue weighted by molar-refractivity contribution is 7.22. The lowest BCUT2D eigenvalue weighted by Crippen LogP contribution is -2.29. The average molecular weight is 609 g/mol. The Morgan fingerprint density at radius 3 is 2.57 bits per heavy atom. The lowest BCUT2D eigenvalue weighted by Gasteiger charge is -2.24. The predicted molar refractivity (Wildman–Crippen MR) is 172 cm³/mol. The van der Waals surface area contributed by atoms with E-state index in [0.717, 1.165) is 26.9 Å². The molecular formula is C34H32N4O5S. The third kappa shape index (κ3) is 4.71. The molecule has 5 aromatic rings. The molecule has 44 heavy (non-hydrogen) atoms. The zero-order chi connectivity index (χ0) is 31.3. The minimum Gasteiger partial charge on any atom is -0.505 e. The summed E-state index contributed by atoms with van der Waals surface area (Å²) in [5, 5.41) is 12.2. The molecule has 10 heteroatoms. The van der Waals surface area contributed by atoms with E-state index < -0.39 is 17.7 Å². The van der Waals surface area contributed by atoms with Crippen LogP contribution in [0.4, 0.5) is 5.13 Å². The number of thiazole rings is 1. The van der Waals surface area contributed by atoms with Crippen molar-refractivity contribution in [1.82, 2.24) is 14.4 Å². The largest absolute Gasteiger partial charge is 0.505 e. The van der Waals surface area contributed by atoms with E-state index in [1.165, 1.54) is 16.2 Å². The second kappa shape index (κ2) is 11.3. The number of imidazole rings is 1. The van der Waals surface area contributed by atoms with Crippen molar-refractivity contribution >= 4 is 49.8 Å². The van der Waals surface area contributed by atoms with Crippen molar-refractivity contribution in [2.75, 3.05) is 18.1 Å². The molecule has 3 aromatic heterocycles. The Labute approximate surface area is 258 Å². The van der Waals surface area contributed by atoms with Crippen LogP contribution in [-0.4, -0.2) is 44.4 Å². The average Bonchev–Trinajstić information content (AvgIpc) is 3.65. The van der Waals surface area contributed by atoms with Gasteiger partial charge in [-0.2, -0.15) is 0 Å². The van der Waals surface area contributed by atoms with Crippen LogP contribution in [-0.2, 0) is 9.59 Å². The molecule has 0 saturated carbocycles. The van der Waals surface area contributed by atoms with Crippen molar-refractivity contribution in [2.24, 2.45) is 0 Å². The Bertz CT molecular complexity index is 2020. The van der Waals surface area contributed by atoms with Gasteiger partial charge in [0.05, 0.1) is 34.1 Å². The van der Waals surface area contributed by atoms with Crippen LogP contribution in [0.15, 0.2) is 66.9 Å². The van der Waals surface area contributed by atoms with E-state index >= 15 is 0 Å². The number of amides is 1. The van der Waals surface area contributed by atoms with Crippen LogP contribution in [0.25, 0.3) is 21.6 Å². The second-order valence-corrected chi connectivity index (χ2v) is 11.8. The number of carbonyl (C=O) groups is 2. The maximum absolute atomic E-state index is 13.9. The highest BCUT2D eigenvalue weighted by atomic mass is 32.1. The normalized spacial score (nSPS) is 16.3. The fourth-order valence-corrected chi connectivity index (χ4v) is 6.88. The van der Waals surface area contributed by atoms with Crippen molar-refractivity contribution in [3.63, 3.8) is 0 Å². The van der Waals surface area contributed by atoms with Crippen LogP contribution < -0.4 is 14.4 Å². The van der Waals surface area contributed by atoms with Gasteiger partial charge in [0.2, 0.25) is 0 Å². The molecule has 1 aliphatic heterocycles. The number of ketones is 1. The maximum Gasteiger partial charge on any atom is 0.301 e. The number of hydrogen-bond acceptors (Lipinski definition) is 8. The van der Waals surface area contributed by atoms with Gasteiger partial charge in [0.25, 0.3) is 5.78 Å². The summed E-state index contributed by atoms with van der Waals surface area (Å²) < 4.78 is 14.5. The summed E-state index contributed by atoms with van der Waals surface area (Å²) in [6, 6.07) is 12.1. The Balaban J connectivity index is 1.60.